The molecule has 0 bridgehead atoms. The number of carbonyl (C=O) groups excluding carboxylic acids is 1. The van der Waals surface area contributed by atoms with Crippen LogP contribution in [0.3, 0.4) is 0 Å². The molecule has 27 heavy (non-hydrogen) atoms. The van der Waals surface area contributed by atoms with Crippen LogP contribution in [0, 0.1) is 0 Å². The first kappa shape index (κ1) is 17.5. The second-order valence-electron chi connectivity index (χ2n) is 7.01. The van der Waals surface area contributed by atoms with E-state index in [0.717, 1.165) is 30.8 Å². The maximum absolute atomic E-state index is 12.5. The zero-order valence-electron chi connectivity index (χ0n) is 15.6. The monoisotopic (exact) mass is 364 g/mol. The van der Waals surface area contributed by atoms with Gasteiger partial charge in [-0.1, -0.05) is 18.2 Å². The van der Waals surface area contributed by atoms with Crippen LogP contribution in [0.25, 0.3) is 5.52 Å². The van der Waals surface area contributed by atoms with E-state index in [9.17, 15) is 4.79 Å². The summed E-state index contributed by atoms with van der Waals surface area (Å²) in [5.41, 5.74) is 3.58. The van der Waals surface area contributed by atoms with Gasteiger partial charge in [0.05, 0.1) is 24.3 Å². The van der Waals surface area contributed by atoms with Crippen molar-refractivity contribution in [2.24, 2.45) is 0 Å². The summed E-state index contributed by atoms with van der Waals surface area (Å²) < 4.78 is 7.31. The molecule has 0 radical (unpaired) electrons. The Labute approximate surface area is 158 Å². The van der Waals surface area contributed by atoms with Crippen molar-refractivity contribution in [2.45, 2.75) is 26.0 Å². The molecule has 1 unspecified atom stereocenters. The Balaban J connectivity index is 1.43. The standard InChI is InChI=1S/C21H24N4O2/c1-15-14-24(11-12-27-15)18-8-6-17(7-9-18)16(2)22-21(26)20-13-19-5-3-4-10-25(19)23-20/h3-10,13,15-16H,11-12,14H2,1-2H3,(H,22,26)/t15?,16-/m1/s1. The van der Waals surface area contributed by atoms with Crippen LogP contribution in [0.5, 0.6) is 0 Å². The van der Waals surface area contributed by atoms with Gasteiger partial charge in [0.15, 0.2) is 5.69 Å². The average molecular weight is 364 g/mol. The SMILES string of the molecule is CC1CN(c2ccc([C@@H](C)NC(=O)c3cc4ccccn4n3)cc2)CCO1. The van der Waals surface area contributed by atoms with Gasteiger partial charge in [-0.3, -0.25) is 4.79 Å². The van der Waals surface area contributed by atoms with Crippen LogP contribution in [0.4, 0.5) is 5.69 Å². The molecule has 0 saturated carbocycles. The Morgan fingerprint density at radius 1 is 1.26 bits per heavy atom. The van der Waals surface area contributed by atoms with E-state index in [1.165, 1.54) is 5.69 Å². The van der Waals surface area contributed by atoms with Crippen LogP contribution in [0.1, 0.15) is 35.9 Å². The Morgan fingerprint density at radius 2 is 2.07 bits per heavy atom. The first-order valence-corrected chi connectivity index (χ1v) is 9.32. The Hall–Kier alpha value is -2.86. The van der Waals surface area contributed by atoms with Crippen molar-refractivity contribution in [3.8, 4) is 0 Å². The summed E-state index contributed by atoms with van der Waals surface area (Å²) in [6.07, 6.45) is 2.09. The minimum absolute atomic E-state index is 0.0972. The maximum atomic E-state index is 12.5. The van der Waals surface area contributed by atoms with E-state index in [2.05, 4.69) is 46.5 Å². The van der Waals surface area contributed by atoms with E-state index in [0.29, 0.717) is 5.69 Å². The number of ether oxygens (including phenoxy) is 1. The Morgan fingerprint density at radius 3 is 2.81 bits per heavy atom. The number of pyridine rings is 1. The van der Waals surface area contributed by atoms with E-state index in [1.807, 2.05) is 31.3 Å². The Kier molecular flexibility index (Phi) is 4.81. The second kappa shape index (κ2) is 7.40. The summed E-state index contributed by atoms with van der Waals surface area (Å²) in [6, 6.07) is 15.8. The molecule has 6 nitrogen and oxygen atoms in total. The molecule has 6 heteroatoms. The first-order valence-electron chi connectivity index (χ1n) is 9.32. The number of nitrogens with one attached hydrogen (secondary N) is 1. The number of anilines is 1. The minimum atomic E-state index is -0.169. The fourth-order valence-electron chi connectivity index (χ4n) is 3.43. The molecule has 2 atom stereocenters. The number of aromatic nitrogens is 2. The highest BCUT2D eigenvalue weighted by Gasteiger charge is 2.18. The molecule has 1 aliphatic rings. The van der Waals surface area contributed by atoms with Gasteiger partial charge in [-0.15, -0.1) is 0 Å². The zero-order valence-corrected chi connectivity index (χ0v) is 15.6. The summed E-state index contributed by atoms with van der Waals surface area (Å²) in [4.78, 5) is 14.9. The van der Waals surface area contributed by atoms with E-state index in [1.54, 1.807) is 10.6 Å². The third-order valence-corrected chi connectivity index (χ3v) is 4.95. The van der Waals surface area contributed by atoms with Crippen molar-refractivity contribution < 1.29 is 9.53 Å². The largest absolute Gasteiger partial charge is 0.375 e. The molecule has 0 aliphatic carbocycles. The highest BCUT2D eigenvalue weighted by atomic mass is 16.5. The molecule has 0 spiro atoms. The average Bonchev–Trinajstić information content (AvgIpc) is 3.12. The van der Waals surface area contributed by atoms with E-state index >= 15 is 0 Å². The fourth-order valence-corrected chi connectivity index (χ4v) is 3.43. The lowest BCUT2D eigenvalue weighted by molar-refractivity contribution is 0.0532. The number of carbonyl (C=O) groups is 1. The summed E-state index contributed by atoms with van der Waals surface area (Å²) >= 11 is 0. The van der Waals surface area contributed by atoms with Gasteiger partial charge in [0.1, 0.15) is 0 Å². The normalized spacial score (nSPS) is 18.4. The molecule has 1 aliphatic heterocycles. The summed E-state index contributed by atoms with van der Waals surface area (Å²) in [6.45, 7) is 6.65. The molecular weight excluding hydrogens is 340 g/mol. The van der Waals surface area contributed by atoms with Crippen molar-refractivity contribution in [2.75, 3.05) is 24.6 Å². The molecule has 1 saturated heterocycles. The van der Waals surface area contributed by atoms with Gasteiger partial charge in [-0.05, 0) is 49.7 Å². The number of hydrogen-bond donors (Lipinski definition) is 1. The predicted molar refractivity (Wildman–Crippen MR) is 105 cm³/mol. The lowest BCUT2D eigenvalue weighted by Gasteiger charge is -2.33. The molecule has 4 rings (SSSR count). The number of hydrogen-bond acceptors (Lipinski definition) is 4. The third kappa shape index (κ3) is 3.80. The predicted octanol–water partition coefficient (Wildman–Crippen LogP) is 3.05. The zero-order chi connectivity index (χ0) is 18.8. The number of morpholine rings is 1. The van der Waals surface area contributed by atoms with Crippen molar-refractivity contribution in [1.29, 1.82) is 0 Å². The molecule has 1 fully saturated rings. The first-order chi connectivity index (χ1) is 13.1. The van der Waals surface area contributed by atoms with Crippen LogP contribution >= 0.6 is 0 Å². The second-order valence-corrected chi connectivity index (χ2v) is 7.01. The minimum Gasteiger partial charge on any atom is -0.375 e. The summed E-state index contributed by atoms with van der Waals surface area (Å²) in [5, 5.41) is 7.36. The lowest BCUT2D eigenvalue weighted by Crippen LogP contribution is -2.41. The van der Waals surface area contributed by atoms with E-state index in [-0.39, 0.29) is 18.1 Å². The topological polar surface area (TPSA) is 58.9 Å². The van der Waals surface area contributed by atoms with Crippen molar-refractivity contribution >= 4 is 17.1 Å². The highest BCUT2D eigenvalue weighted by molar-refractivity contribution is 5.93. The van der Waals surface area contributed by atoms with Gasteiger partial charge in [-0.25, -0.2) is 4.52 Å². The van der Waals surface area contributed by atoms with Gasteiger partial charge >= 0.3 is 0 Å². The van der Waals surface area contributed by atoms with Crippen molar-refractivity contribution in [1.82, 2.24) is 14.9 Å². The molecule has 1 amide bonds. The van der Waals surface area contributed by atoms with Crippen molar-refractivity contribution in [3.63, 3.8) is 0 Å². The third-order valence-electron chi connectivity index (χ3n) is 4.95. The number of benzene rings is 1. The summed E-state index contributed by atoms with van der Waals surface area (Å²) in [7, 11) is 0. The van der Waals surface area contributed by atoms with E-state index in [4.69, 9.17) is 4.74 Å². The van der Waals surface area contributed by atoms with Crippen LogP contribution in [-0.2, 0) is 4.74 Å². The van der Waals surface area contributed by atoms with Crippen LogP contribution in [0.15, 0.2) is 54.7 Å². The number of rotatable bonds is 4. The molecule has 3 aromatic rings. The smallest absolute Gasteiger partial charge is 0.272 e. The fraction of sp³-hybridized carbons (Fsp3) is 0.333. The number of fused-ring (bicyclic) bond motifs is 1. The number of amides is 1. The van der Waals surface area contributed by atoms with Crippen LogP contribution in [0.2, 0.25) is 0 Å². The molecule has 3 heterocycles. The van der Waals surface area contributed by atoms with Gasteiger partial charge in [0.25, 0.3) is 5.91 Å². The maximum Gasteiger partial charge on any atom is 0.272 e. The van der Waals surface area contributed by atoms with Gasteiger partial charge < -0.3 is 15.0 Å². The molecule has 2 aromatic heterocycles. The number of nitrogens with zero attached hydrogens (tertiary/aromatic N) is 3. The van der Waals surface area contributed by atoms with Gasteiger partial charge in [-0.2, -0.15) is 5.10 Å². The quantitative estimate of drug-likeness (QED) is 0.773. The summed E-state index contributed by atoms with van der Waals surface area (Å²) in [5.74, 6) is -0.169. The van der Waals surface area contributed by atoms with Crippen LogP contribution < -0.4 is 10.2 Å². The molecular formula is C21H24N4O2. The highest BCUT2D eigenvalue weighted by Crippen LogP contribution is 2.21. The molecule has 140 valence electrons. The lowest BCUT2D eigenvalue weighted by atomic mass is 10.1. The van der Waals surface area contributed by atoms with Gasteiger partial charge in [0.2, 0.25) is 0 Å². The molecule has 1 aromatic carbocycles. The Bertz CT molecular complexity index is 902. The van der Waals surface area contributed by atoms with Crippen LogP contribution in [-0.4, -0.2) is 41.3 Å². The van der Waals surface area contributed by atoms with Gasteiger partial charge in [0, 0.05) is 25.0 Å². The van der Waals surface area contributed by atoms with E-state index < -0.39 is 0 Å². The molecule has 1 N–H and O–H groups in total. The van der Waals surface area contributed by atoms with Crippen molar-refractivity contribution in [3.05, 3.63) is 66.0 Å².